The molecule has 0 aromatic carbocycles. The second-order valence-corrected chi connectivity index (χ2v) is 8.29. The molecule has 0 aliphatic carbocycles. The average Bonchev–Trinajstić information content (AvgIpc) is 2.66. The summed E-state index contributed by atoms with van der Waals surface area (Å²) in [6.07, 6.45) is 18.6. The monoisotopic (exact) mass is 384 g/mol. The van der Waals surface area contributed by atoms with Gasteiger partial charge < -0.3 is 9.84 Å². The highest BCUT2D eigenvalue weighted by Crippen LogP contribution is 2.18. The zero-order chi connectivity index (χ0) is 20.2. The predicted octanol–water partition coefficient (Wildman–Crippen LogP) is 7.20. The highest BCUT2D eigenvalue weighted by molar-refractivity contribution is 5.69. The van der Waals surface area contributed by atoms with Crippen LogP contribution in [0.15, 0.2) is 0 Å². The maximum atomic E-state index is 12.0. The zero-order valence-corrected chi connectivity index (χ0v) is 18.6. The van der Waals surface area contributed by atoms with E-state index >= 15 is 0 Å². The molecule has 0 aromatic heterocycles. The summed E-state index contributed by atoms with van der Waals surface area (Å²) in [4.78, 5) is 12.0. The van der Waals surface area contributed by atoms with Crippen LogP contribution in [0.4, 0.5) is 0 Å². The lowest BCUT2D eigenvalue weighted by molar-refractivity contribution is -0.145. The van der Waals surface area contributed by atoms with E-state index in [0.29, 0.717) is 18.9 Å². The minimum absolute atomic E-state index is 0.0831. The Morgan fingerprint density at radius 2 is 1.22 bits per heavy atom. The lowest BCUT2D eigenvalue weighted by Crippen LogP contribution is -2.15. The van der Waals surface area contributed by atoms with Gasteiger partial charge >= 0.3 is 5.97 Å². The number of aliphatic hydroxyl groups is 1. The lowest BCUT2D eigenvalue weighted by atomic mass is 9.96. The molecule has 0 aliphatic rings. The van der Waals surface area contributed by atoms with Gasteiger partial charge in [-0.25, -0.2) is 0 Å². The van der Waals surface area contributed by atoms with E-state index in [1.54, 1.807) is 0 Å². The van der Waals surface area contributed by atoms with Gasteiger partial charge in [0.2, 0.25) is 0 Å². The van der Waals surface area contributed by atoms with Crippen molar-refractivity contribution in [2.24, 2.45) is 5.92 Å². The topological polar surface area (TPSA) is 46.5 Å². The Balaban J connectivity index is 3.79. The molecule has 3 nitrogen and oxygen atoms in total. The van der Waals surface area contributed by atoms with Gasteiger partial charge in [0, 0.05) is 6.42 Å². The number of carbonyl (C=O) groups is 1. The largest absolute Gasteiger partial charge is 0.465 e. The average molecular weight is 385 g/mol. The fourth-order valence-electron chi connectivity index (χ4n) is 3.56. The van der Waals surface area contributed by atoms with Crippen LogP contribution in [0.2, 0.25) is 0 Å². The maximum Gasteiger partial charge on any atom is 0.305 e. The van der Waals surface area contributed by atoms with Crippen molar-refractivity contribution in [3.8, 4) is 0 Å². The fourth-order valence-corrected chi connectivity index (χ4v) is 3.56. The van der Waals surface area contributed by atoms with E-state index in [-0.39, 0.29) is 12.1 Å². The second kappa shape index (κ2) is 20.2. The van der Waals surface area contributed by atoms with E-state index in [2.05, 4.69) is 20.8 Å². The minimum atomic E-state index is -0.254. The molecule has 0 aliphatic heterocycles. The molecule has 0 saturated heterocycles. The molecule has 0 bridgehead atoms. The molecule has 0 amide bonds. The number of hydrogen-bond acceptors (Lipinski definition) is 3. The van der Waals surface area contributed by atoms with E-state index in [1.807, 2.05) is 0 Å². The predicted molar refractivity (Wildman–Crippen MR) is 116 cm³/mol. The van der Waals surface area contributed by atoms with E-state index in [1.165, 1.54) is 77.0 Å². The van der Waals surface area contributed by atoms with E-state index in [4.69, 9.17) is 4.74 Å². The Bertz CT molecular complexity index is 317. The summed E-state index contributed by atoms with van der Waals surface area (Å²) in [5, 5.41) is 10.0. The summed E-state index contributed by atoms with van der Waals surface area (Å²) in [6.45, 7) is 7.26. The smallest absolute Gasteiger partial charge is 0.305 e. The molecular weight excluding hydrogens is 336 g/mol. The Kier molecular flexibility index (Phi) is 19.7. The number of ether oxygens (including phenoxy) is 1. The van der Waals surface area contributed by atoms with E-state index in [0.717, 1.165) is 25.7 Å². The minimum Gasteiger partial charge on any atom is -0.465 e. The van der Waals surface area contributed by atoms with Gasteiger partial charge in [0.15, 0.2) is 0 Å². The molecule has 1 N–H and O–H groups in total. The summed E-state index contributed by atoms with van der Waals surface area (Å²) in [6, 6.07) is 0. The van der Waals surface area contributed by atoms with Crippen molar-refractivity contribution >= 4 is 5.97 Å². The Labute approximate surface area is 169 Å². The first kappa shape index (κ1) is 26.4. The van der Waals surface area contributed by atoms with Gasteiger partial charge in [0.05, 0.1) is 12.7 Å². The summed E-state index contributed by atoms with van der Waals surface area (Å²) in [5.74, 6) is 0.444. The van der Waals surface area contributed by atoms with Crippen LogP contribution in [0.1, 0.15) is 130 Å². The summed E-state index contributed by atoms with van der Waals surface area (Å²) in [7, 11) is 0. The van der Waals surface area contributed by atoms with Crippen molar-refractivity contribution < 1.29 is 14.6 Å². The summed E-state index contributed by atoms with van der Waals surface area (Å²) >= 11 is 0. The number of unbranched alkanes of at least 4 members (excludes halogenated alkanes) is 8. The van der Waals surface area contributed by atoms with Gasteiger partial charge in [-0.05, 0) is 38.0 Å². The zero-order valence-electron chi connectivity index (χ0n) is 18.6. The van der Waals surface area contributed by atoms with Gasteiger partial charge in [0.25, 0.3) is 0 Å². The number of aliphatic hydroxyl groups excluding tert-OH is 1. The fraction of sp³-hybridized carbons (Fsp3) is 0.958. The van der Waals surface area contributed by atoms with Crippen LogP contribution in [0.3, 0.4) is 0 Å². The van der Waals surface area contributed by atoms with Crippen molar-refractivity contribution in [3.05, 3.63) is 0 Å². The Morgan fingerprint density at radius 1 is 0.704 bits per heavy atom. The SMILES string of the molecule is CCCCCCCC(O)CCCC(=O)OCC(CCCC)CCCCCC. The molecular formula is C24H48O3. The van der Waals surface area contributed by atoms with E-state index < -0.39 is 0 Å². The molecule has 0 fully saturated rings. The lowest BCUT2D eigenvalue weighted by Gasteiger charge is -2.17. The third kappa shape index (κ3) is 18.6. The maximum absolute atomic E-state index is 12.0. The molecule has 162 valence electrons. The molecule has 0 saturated carbocycles. The number of esters is 1. The normalized spacial score (nSPS) is 13.5. The van der Waals surface area contributed by atoms with Crippen LogP contribution in [-0.2, 0) is 9.53 Å². The van der Waals surface area contributed by atoms with Crippen LogP contribution in [-0.4, -0.2) is 23.8 Å². The second-order valence-electron chi connectivity index (χ2n) is 8.29. The number of rotatable bonds is 20. The molecule has 2 atom stereocenters. The molecule has 0 spiro atoms. The Hall–Kier alpha value is -0.570. The first-order chi connectivity index (χ1) is 13.1. The van der Waals surface area contributed by atoms with Crippen LogP contribution in [0.5, 0.6) is 0 Å². The molecule has 27 heavy (non-hydrogen) atoms. The third-order valence-electron chi connectivity index (χ3n) is 5.47. The quantitative estimate of drug-likeness (QED) is 0.178. The number of carbonyl (C=O) groups excluding carboxylic acids is 1. The van der Waals surface area contributed by atoms with Crippen molar-refractivity contribution in [3.63, 3.8) is 0 Å². The molecule has 0 radical (unpaired) electrons. The molecule has 2 unspecified atom stereocenters. The van der Waals surface area contributed by atoms with Crippen LogP contribution < -0.4 is 0 Å². The highest BCUT2D eigenvalue weighted by Gasteiger charge is 2.12. The summed E-state index contributed by atoms with van der Waals surface area (Å²) in [5.41, 5.74) is 0. The van der Waals surface area contributed by atoms with Crippen LogP contribution >= 0.6 is 0 Å². The van der Waals surface area contributed by atoms with Gasteiger partial charge in [0.1, 0.15) is 0 Å². The summed E-state index contributed by atoms with van der Waals surface area (Å²) < 4.78 is 5.54. The van der Waals surface area contributed by atoms with Crippen molar-refractivity contribution in [1.82, 2.24) is 0 Å². The third-order valence-corrected chi connectivity index (χ3v) is 5.47. The van der Waals surface area contributed by atoms with Gasteiger partial charge in [-0.2, -0.15) is 0 Å². The Morgan fingerprint density at radius 3 is 1.89 bits per heavy atom. The van der Waals surface area contributed by atoms with E-state index in [9.17, 15) is 9.90 Å². The number of hydrogen-bond donors (Lipinski definition) is 1. The first-order valence-corrected chi connectivity index (χ1v) is 12.0. The van der Waals surface area contributed by atoms with Gasteiger partial charge in [-0.3, -0.25) is 4.79 Å². The van der Waals surface area contributed by atoms with Crippen molar-refractivity contribution in [2.45, 2.75) is 136 Å². The molecule has 0 heterocycles. The van der Waals surface area contributed by atoms with Gasteiger partial charge in [-0.1, -0.05) is 91.4 Å². The standard InChI is InChI=1S/C24H48O3/c1-4-7-10-12-14-18-23(25)19-15-20-24(26)27-21-22(16-9-6-3)17-13-11-8-5-2/h22-23,25H,4-21H2,1-3H3. The molecule has 3 heteroatoms. The van der Waals surface area contributed by atoms with Crippen LogP contribution in [0.25, 0.3) is 0 Å². The molecule has 0 rings (SSSR count). The van der Waals surface area contributed by atoms with Crippen LogP contribution in [0, 0.1) is 5.92 Å². The van der Waals surface area contributed by atoms with Gasteiger partial charge in [-0.15, -0.1) is 0 Å². The first-order valence-electron chi connectivity index (χ1n) is 12.0. The highest BCUT2D eigenvalue weighted by atomic mass is 16.5. The molecule has 0 aromatic rings. The van der Waals surface area contributed by atoms with Crippen molar-refractivity contribution in [1.29, 1.82) is 0 Å². The van der Waals surface area contributed by atoms with Crippen molar-refractivity contribution in [2.75, 3.05) is 6.61 Å².